The van der Waals surface area contributed by atoms with Crippen molar-refractivity contribution >= 4 is 33.2 Å². The van der Waals surface area contributed by atoms with Crippen molar-refractivity contribution in [2.45, 2.75) is 0 Å². The van der Waals surface area contributed by atoms with Gasteiger partial charge in [0.2, 0.25) is 5.88 Å². The predicted molar refractivity (Wildman–Crippen MR) is 51.9 cm³/mol. The van der Waals surface area contributed by atoms with E-state index in [0.29, 0.717) is 5.88 Å². The lowest BCUT2D eigenvalue weighted by Gasteiger charge is -1.87. The van der Waals surface area contributed by atoms with Crippen molar-refractivity contribution in [3.63, 3.8) is 0 Å². The summed E-state index contributed by atoms with van der Waals surface area (Å²) in [5.41, 5.74) is 7.17. The summed E-state index contributed by atoms with van der Waals surface area (Å²) >= 11 is 5.01. The first-order valence-corrected chi connectivity index (χ1v) is 4.90. The second kappa shape index (κ2) is 2.91. The van der Waals surface area contributed by atoms with Crippen molar-refractivity contribution in [3.05, 3.63) is 21.3 Å². The van der Waals surface area contributed by atoms with Crippen molar-refractivity contribution in [2.75, 3.05) is 5.73 Å². The Kier molecular flexibility index (Phi) is 1.90. The van der Waals surface area contributed by atoms with Gasteiger partial charge in [-0.2, -0.15) is 0 Å². The topological polar surface area (TPSA) is 52.0 Å². The maximum absolute atomic E-state index is 5.39. The van der Waals surface area contributed by atoms with E-state index in [9.17, 15) is 0 Å². The Bertz CT molecular complexity index is 396. The van der Waals surface area contributed by atoms with Crippen molar-refractivity contribution in [1.82, 2.24) is 5.16 Å². The van der Waals surface area contributed by atoms with Crippen molar-refractivity contribution in [3.8, 4) is 11.3 Å². The number of aromatic nitrogens is 1. The molecule has 0 atom stereocenters. The third-order valence-electron chi connectivity index (χ3n) is 1.42. The zero-order valence-corrected chi connectivity index (χ0v) is 8.35. The lowest BCUT2D eigenvalue weighted by atomic mass is 10.2. The number of thiophene rings is 1. The van der Waals surface area contributed by atoms with Gasteiger partial charge in [0.15, 0.2) is 0 Å². The number of nitrogen functional groups attached to an aromatic ring is 1. The molecule has 0 aliphatic rings. The minimum absolute atomic E-state index is 0.336. The standard InChI is InChI=1S/C7H5BrN2OS/c8-7-4(1-2-12-7)5-3-6(9)11-10-5/h1-3H,9H2. The summed E-state index contributed by atoms with van der Waals surface area (Å²) in [6.07, 6.45) is 0. The van der Waals surface area contributed by atoms with Gasteiger partial charge in [0.1, 0.15) is 5.69 Å². The molecule has 0 aliphatic carbocycles. The maximum atomic E-state index is 5.39. The lowest BCUT2D eigenvalue weighted by Crippen LogP contribution is -1.76. The van der Waals surface area contributed by atoms with Gasteiger partial charge in [-0.3, -0.25) is 0 Å². The van der Waals surface area contributed by atoms with Gasteiger partial charge in [-0.05, 0) is 27.4 Å². The van der Waals surface area contributed by atoms with Crippen LogP contribution in [0.25, 0.3) is 11.3 Å². The number of rotatable bonds is 1. The molecule has 2 aromatic heterocycles. The summed E-state index contributed by atoms with van der Waals surface area (Å²) in [5, 5.41) is 5.77. The first-order chi connectivity index (χ1) is 5.77. The molecule has 0 saturated heterocycles. The minimum atomic E-state index is 0.336. The van der Waals surface area contributed by atoms with Gasteiger partial charge >= 0.3 is 0 Å². The zero-order chi connectivity index (χ0) is 8.55. The highest BCUT2D eigenvalue weighted by Crippen LogP contribution is 2.32. The monoisotopic (exact) mass is 244 g/mol. The Labute approximate surface area is 81.3 Å². The molecule has 0 saturated carbocycles. The quantitative estimate of drug-likeness (QED) is 0.840. The van der Waals surface area contributed by atoms with Crippen molar-refractivity contribution < 1.29 is 4.52 Å². The SMILES string of the molecule is Nc1cc(-c2ccsc2Br)no1. The van der Waals surface area contributed by atoms with Gasteiger partial charge in [0, 0.05) is 11.6 Å². The summed E-state index contributed by atoms with van der Waals surface area (Å²) in [6, 6.07) is 3.67. The van der Waals surface area contributed by atoms with E-state index in [-0.39, 0.29) is 0 Å². The molecule has 2 heterocycles. The van der Waals surface area contributed by atoms with Crippen LogP contribution in [0.4, 0.5) is 5.88 Å². The van der Waals surface area contributed by atoms with Gasteiger partial charge in [-0.15, -0.1) is 11.3 Å². The molecule has 62 valence electrons. The lowest BCUT2D eigenvalue weighted by molar-refractivity contribution is 0.439. The molecule has 0 aliphatic heterocycles. The van der Waals surface area contributed by atoms with E-state index < -0.39 is 0 Å². The predicted octanol–water partition coefficient (Wildman–Crippen LogP) is 2.75. The van der Waals surface area contributed by atoms with Crippen molar-refractivity contribution in [1.29, 1.82) is 0 Å². The third kappa shape index (κ3) is 1.25. The van der Waals surface area contributed by atoms with Crippen LogP contribution in [0.3, 0.4) is 0 Å². The number of anilines is 1. The maximum Gasteiger partial charge on any atom is 0.222 e. The van der Waals surface area contributed by atoms with Crippen LogP contribution in [-0.4, -0.2) is 5.16 Å². The average molecular weight is 245 g/mol. The van der Waals surface area contributed by atoms with Crippen LogP contribution in [0, 0.1) is 0 Å². The van der Waals surface area contributed by atoms with Crippen LogP contribution >= 0.6 is 27.3 Å². The molecule has 2 aromatic rings. The van der Waals surface area contributed by atoms with Gasteiger partial charge in [-0.25, -0.2) is 0 Å². The highest BCUT2D eigenvalue weighted by atomic mass is 79.9. The van der Waals surface area contributed by atoms with E-state index in [4.69, 9.17) is 10.3 Å². The first kappa shape index (κ1) is 7.82. The molecule has 0 unspecified atom stereocenters. The van der Waals surface area contributed by atoms with Gasteiger partial charge in [0.25, 0.3) is 0 Å². The molecule has 0 fully saturated rings. The molecule has 0 bridgehead atoms. The summed E-state index contributed by atoms with van der Waals surface area (Å²) in [6.45, 7) is 0. The van der Waals surface area contributed by atoms with Crippen LogP contribution in [0.1, 0.15) is 0 Å². The average Bonchev–Trinajstić information content (AvgIpc) is 2.58. The number of nitrogens with two attached hydrogens (primary N) is 1. The minimum Gasteiger partial charge on any atom is -0.368 e. The van der Waals surface area contributed by atoms with E-state index in [1.165, 1.54) is 0 Å². The van der Waals surface area contributed by atoms with Gasteiger partial charge in [-0.1, -0.05) is 5.16 Å². The number of nitrogens with zero attached hydrogens (tertiary/aromatic N) is 1. The summed E-state index contributed by atoms with van der Waals surface area (Å²) in [5.74, 6) is 0.336. The second-order valence-electron chi connectivity index (χ2n) is 2.22. The summed E-state index contributed by atoms with van der Waals surface area (Å²) in [4.78, 5) is 0. The molecule has 0 aromatic carbocycles. The van der Waals surface area contributed by atoms with Crippen LogP contribution in [0.5, 0.6) is 0 Å². The molecule has 0 amide bonds. The fraction of sp³-hybridized carbons (Fsp3) is 0. The molecular formula is C7H5BrN2OS. The Balaban J connectivity index is 2.50. The molecule has 2 rings (SSSR count). The molecule has 5 heteroatoms. The summed E-state index contributed by atoms with van der Waals surface area (Å²) in [7, 11) is 0. The Hall–Kier alpha value is -0.810. The van der Waals surface area contributed by atoms with E-state index in [2.05, 4.69) is 21.1 Å². The normalized spacial score (nSPS) is 10.4. The highest BCUT2D eigenvalue weighted by molar-refractivity contribution is 9.11. The molecule has 0 spiro atoms. The molecule has 12 heavy (non-hydrogen) atoms. The van der Waals surface area contributed by atoms with Gasteiger partial charge < -0.3 is 10.3 Å². The molecule has 0 radical (unpaired) electrons. The Morgan fingerprint density at radius 1 is 1.58 bits per heavy atom. The van der Waals surface area contributed by atoms with Crippen LogP contribution in [0.15, 0.2) is 25.8 Å². The van der Waals surface area contributed by atoms with E-state index >= 15 is 0 Å². The van der Waals surface area contributed by atoms with Crippen molar-refractivity contribution in [2.24, 2.45) is 0 Å². The van der Waals surface area contributed by atoms with Crippen LogP contribution < -0.4 is 5.73 Å². The zero-order valence-electron chi connectivity index (χ0n) is 5.95. The molecule has 2 N–H and O–H groups in total. The molecular weight excluding hydrogens is 240 g/mol. The Morgan fingerprint density at radius 3 is 2.92 bits per heavy atom. The van der Waals surface area contributed by atoms with Crippen LogP contribution in [-0.2, 0) is 0 Å². The fourth-order valence-corrected chi connectivity index (χ4v) is 2.18. The van der Waals surface area contributed by atoms with Crippen LogP contribution in [0.2, 0.25) is 0 Å². The smallest absolute Gasteiger partial charge is 0.222 e. The second-order valence-corrected chi connectivity index (χ2v) is 4.46. The Morgan fingerprint density at radius 2 is 2.42 bits per heavy atom. The van der Waals surface area contributed by atoms with E-state index in [1.54, 1.807) is 17.4 Å². The third-order valence-corrected chi connectivity index (χ3v) is 3.11. The van der Waals surface area contributed by atoms with Gasteiger partial charge in [0.05, 0.1) is 3.79 Å². The highest BCUT2D eigenvalue weighted by Gasteiger charge is 2.08. The first-order valence-electron chi connectivity index (χ1n) is 3.23. The number of hydrogen-bond donors (Lipinski definition) is 1. The molecule has 3 nitrogen and oxygen atoms in total. The number of hydrogen-bond acceptors (Lipinski definition) is 4. The van der Waals surface area contributed by atoms with E-state index in [0.717, 1.165) is 15.0 Å². The summed E-state index contributed by atoms with van der Waals surface area (Å²) < 4.78 is 5.79. The fourth-order valence-electron chi connectivity index (χ4n) is 0.893. The largest absolute Gasteiger partial charge is 0.368 e. The number of halogens is 1. The van der Waals surface area contributed by atoms with E-state index in [1.807, 2.05) is 11.4 Å².